The summed E-state index contributed by atoms with van der Waals surface area (Å²) in [6, 6.07) is 0. The zero-order valence-electron chi connectivity index (χ0n) is 17.3. The molecule has 9 atom stereocenters. The van der Waals surface area contributed by atoms with Crippen molar-refractivity contribution in [2.45, 2.75) is 78.7 Å². The van der Waals surface area contributed by atoms with Crippen LogP contribution >= 0.6 is 0 Å². The molecule has 6 saturated carbocycles. The smallest absolute Gasteiger partial charge is 0.309 e. The van der Waals surface area contributed by atoms with Gasteiger partial charge in [-0.25, -0.2) is 0 Å². The van der Waals surface area contributed by atoms with Crippen LogP contribution in [0.4, 0.5) is 0 Å². The Hall–Kier alpha value is -0.530. The number of esters is 1. The lowest BCUT2D eigenvalue weighted by molar-refractivity contribution is -0.455. The molecule has 0 saturated heterocycles. The Kier molecular flexibility index (Phi) is 2.87. The molecule has 0 N–H and O–H groups in total. The van der Waals surface area contributed by atoms with E-state index in [2.05, 4.69) is 34.6 Å². The summed E-state index contributed by atoms with van der Waals surface area (Å²) in [6.45, 7) is 11.9. The van der Waals surface area contributed by atoms with Crippen molar-refractivity contribution in [1.29, 1.82) is 0 Å². The molecule has 1 spiro atoms. The molecule has 0 radical (unpaired) electrons. The van der Waals surface area contributed by atoms with Gasteiger partial charge in [-0.15, -0.1) is 0 Å². The SMILES string of the molecule is CCC(C)(C)C1C2CC(C(=O)OC3(C)C4CC5CC6CC3C564)C(C2)C1C. The van der Waals surface area contributed by atoms with Gasteiger partial charge in [-0.2, -0.15) is 0 Å². The molecule has 26 heavy (non-hydrogen) atoms. The van der Waals surface area contributed by atoms with Crippen molar-refractivity contribution in [2.24, 2.45) is 64.1 Å². The molecule has 2 heteroatoms. The first kappa shape index (κ1) is 16.4. The third-order valence-electron chi connectivity index (χ3n) is 11.4. The number of fused-ring (bicyclic) bond motifs is 2. The fraction of sp³-hybridized carbons (Fsp3) is 0.958. The molecule has 2 bridgehead atoms. The third-order valence-corrected chi connectivity index (χ3v) is 11.4. The first-order chi connectivity index (χ1) is 12.2. The second-order valence-corrected chi connectivity index (χ2v) is 12.0. The number of hydrogen-bond acceptors (Lipinski definition) is 2. The van der Waals surface area contributed by atoms with Crippen molar-refractivity contribution in [3.05, 3.63) is 0 Å². The molecule has 0 aromatic rings. The predicted molar refractivity (Wildman–Crippen MR) is 101 cm³/mol. The van der Waals surface area contributed by atoms with Crippen LogP contribution in [0.15, 0.2) is 0 Å². The van der Waals surface area contributed by atoms with Crippen molar-refractivity contribution < 1.29 is 9.53 Å². The van der Waals surface area contributed by atoms with Gasteiger partial charge in [-0.3, -0.25) is 4.79 Å². The van der Waals surface area contributed by atoms with Gasteiger partial charge in [-0.1, -0.05) is 34.1 Å². The van der Waals surface area contributed by atoms with E-state index in [1.165, 1.54) is 32.1 Å². The summed E-state index contributed by atoms with van der Waals surface area (Å²) in [7, 11) is 0. The van der Waals surface area contributed by atoms with Crippen molar-refractivity contribution >= 4 is 5.97 Å². The number of carbonyl (C=O) groups excluding carboxylic acids is 1. The second kappa shape index (κ2) is 4.54. The summed E-state index contributed by atoms with van der Waals surface area (Å²) in [5.74, 6) is 6.59. The highest BCUT2D eigenvalue weighted by Gasteiger charge is 2.89. The minimum Gasteiger partial charge on any atom is -0.459 e. The monoisotopic (exact) mass is 356 g/mol. The fourth-order valence-electron chi connectivity index (χ4n) is 10.1. The highest BCUT2D eigenvalue weighted by Crippen LogP contribution is 2.90. The molecule has 6 aliphatic rings. The van der Waals surface area contributed by atoms with Crippen LogP contribution in [0.1, 0.15) is 73.1 Å². The van der Waals surface area contributed by atoms with E-state index in [1.807, 2.05) is 0 Å². The summed E-state index contributed by atoms with van der Waals surface area (Å²) < 4.78 is 6.40. The minimum atomic E-state index is -0.0995. The summed E-state index contributed by atoms with van der Waals surface area (Å²) in [5.41, 5.74) is 0.983. The lowest BCUT2D eigenvalue weighted by Gasteiger charge is -2.90. The molecule has 0 aromatic heterocycles. The Morgan fingerprint density at radius 3 is 2.27 bits per heavy atom. The Labute approximate surface area is 158 Å². The second-order valence-electron chi connectivity index (χ2n) is 12.0. The van der Waals surface area contributed by atoms with Crippen LogP contribution in [0, 0.1) is 64.1 Å². The van der Waals surface area contributed by atoms with Crippen molar-refractivity contribution in [1.82, 2.24) is 0 Å². The molecule has 0 aliphatic heterocycles. The van der Waals surface area contributed by atoms with Crippen LogP contribution in [0.3, 0.4) is 0 Å². The van der Waals surface area contributed by atoms with E-state index in [4.69, 9.17) is 4.74 Å². The van der Waals surface area contributed by atoms with E-state index in [0.29, 0.717) is 34.5 Å². The van der Waals surface area contributed by atoms with Crippen LogP contribution in [-0.4, -0.2) is 11.6 Å². The molecular formula is C24H36O2. The number of carbonyl (C=O) groups is 1. The Balaban J connectivity index is 1.16. The average Bonchev–Trinajstić information content (AvgIpc) is 3.08. The standard InChI is InChI=1S/C24H36O2/c1-6-22(3,4)20-12(2)16-7-13(20)8-17(16)21(25)26-23(5)18-10-14-9-15-11-19(23)24(14,15)18/h12-20H,6-11H2,1-5H3. The zero-order valence-corrected chi connectivity index (χ0v) is 17.3. The maximum Gasteiger partial charge on any atom is 0.309 e. The Bertz CT molecular complexity index is 654. The number of ether oxygens (including phenoxy) is 1. The summed E-state index contributed by atoms with van der Waals surface area (Å²) >= 11 is 0. The largest absolute Gasteiger partial charge is 0.459 e. The van der Waals surface area contributed by atoms with Crippen LogP contribution in [0.25, 0.3) is 0 Å². The van der Waals surface area contributed by atoms with E-state index < -0.39 is 0 Å². The van der Waals surface area contributed by atoms with Crippen LogP contribution in [0.2, 0.25) is 0 Å². The first-order valence-corrected chi connectivity index (χ1v) is 11.5. The molecule has 0 amide bonds. The van der Waals surface area contributed by atoms with Crippen molar-refractivity contribution in [2.75, 3.05) is 0 Å². The molecule has 9 unspecified atom stereocenters. The maximum atomic E-state index is 13.2. The zero-order chi connectivity index (χ0) is 18.2. The highest BCUT2D eigenvalue weighted by molar-refractivity contribution is 5.74. The van der Waals surface area contributed by atoms with Gasteiger partial charge in [0.15, 0.2) is 0 Å². The van der Waals surface area contributed by atoms with Gasteiger partial charge >= 0.3 is 5.97 Å². The Morgan fingerprint density at radius 1 is 1.08 bits per heavy atom. The fourth-order valence-corrected chi connectivity index (χ4v) is 10.1. The van der Waals surface area contributed by atoms with Crippen LogP contribution in [-0.2, 0) is 9.53 Å². The molecule has 6 aliphatic carbocycles. The van der Waals surface area contributed by atoms with Gasteiger partial charge in [0.1, 0.15) is 5.60 Å². The highest BCUT2D eigenvalue weighted by atomic mass is 16.6. The number of rotatable bonds is 4. The normalized spacial score (nSPS) is 60.7. The van der Waals surface area contributed by atoms with Gasteiger partial charge in [0.05, 0.1) is 5.92 Å². The van der Waals surface area contributed by atoms with E-state index >= 15 is 0 Å². The average molecular weight is 357 g/mol. The summed E-state index contributed by atoms with van der Waals surface area (Å²) in [4.78, 5) is 13.2. The summed E-state index contributed by atoms with van der Waals surface area (Å²) in [6.07, 6.45) is 7.78. The topological polar surface area (TPSA) is 26.3 Å². The van der Waals surface area contributed by atoms with Crippen molar-refractivity contribution in [3.63, 3.8) is 0 Å². The number of hydrogen-bond donors (Lipinski definition) is 0. The van der Waals surface area contributed by atoms with E-state index in [1.54, 1.807) is 0 Å². The molecule has 0 aromatic carbocycles. The van der Waals surface area contributed by atoms with Crippen LogP contribution < -0.4 is 0 Å². The lowest BCUT2D eigenvalue weighted by atomic mass is 9.15. The molecular weight excluding hydrogens is 320 g/mol. The molecule has 2 nitrogen and oxygen atoms in total. The molecule has 0 heterocycles. The third kappa shape index (κ3) is 1.48. The van der Waals surface area contributed by atoms with E-state index in [-0.39, 0.29) is 17.5 Å². The first-order valence-electron chi connectivity index (χ1n) is 11.5. The van der Waals surface area contributed by atoms with Crippen molar-refractivity contribution in [3.8, 4) is 0 Å². The van der Waals surface area contributed by atoms with E-state index in [0.717, 1.165) is 30.1 Å². The van der Waals surface area contributed by atoms with Gasteiger partial charge in [-0.05, 0) is 85.4 Å². The maximum absolute atomic E-state index is 13.2. The van der Waals surface area contributed by atoms with E-state index in [9.17, 15) is 4.79 Å². The quantitative estimate of drug-likeness (QED) is 0.638. The van der Waals surface area contributed by atoms with Gasteiger partial charge in [0.2, 0.25) is 0 Å². The minimum absolute atomic E-state index is 0.0995. The summed E-state index contributed by atoms with van der Waals surface area (Å²) in [5, 5.41) is 0. The molecule has 144 valence electrons. The molecule has 6 rings (SSSR count). The van der Waals surface area contributed by atoms with Crippen LogP contribution in [0.5, 0.6) is 0 Å². The lowest BCUT2D eigenvalue weighted by Crippen LogP contribution is -2.90. The van der Waals surface area contributed by atoms with Gasteiger partial charge in [0.25, 0.3) is 0 Å². The predicted octanol–water partition coefficient (Wildman–Crippen LogP) is 5.31. The van der Waals surface area contributed by atoms with Gasteiger partial charge in [0, 0.05) is 11.8 Å². The Morgan fingerprint density at radius 2 is 1.73 bits per heavy atom. The molecule has 6 fully saturated rings. The van der Waals surface area contributed by atoms with Gasteiger partial charge < -0.3 is 4.74 Å².